The molecule has 70 valence electrons. The molecule has 1 aromatic carbocycles. The number of halogens is 1. The van der Waals surface area contributed by atoms with Crippen molar-refractivity contribution in [2.24, 2.45) is 5.73 Å². The summed E-state index contributed by atoms with van der Waals surface area (Å²) in [7, 11) is 0. The summed E-state index contributed by atoms with van der Waals surface area (Å²) in [6.07, 6.45) is 2.24. The fourth-order valence-electron chi connectivity index (χ4n) is 1.01. The molecule has 0 aromatic heterocycles. The molecule has 1 rings (SSSR count). The highest BCUT2D eigenvalue weighted by atomic mass is 19.1. The van der Waals surface area contributed by atoms with Crippen molar-refractivity contribution in [1.82, 2.24) is 0 Å². The highest BCUT2D eigenvalue weighted by Gasteiger charge is 2.04. The van der Waals surface area contributed by atoms with Crippen molar-refractivity contribution >= 4 is 11.8 Å². The lowest BCUT2D eigenvalue weighted by atomic mass is 10.1. The molecule has 4 heteroatoms. The van der Waals surface area contributed by atoms with Crippen LogP contribution in [0.2, 0.25) is 0 Å². The van der Waals surface area contributed by atoms with Gasteiger partial charge in [-0.05, 0) is 17.7 Å². The number of nitrogens with two attached hydrogens (primary N) is 1. The van der Waals surface area contributed by atoms with E-state index >= 15 is 0 Å². The first kappa shape index (κ1) is 9.93. The van der Waals surface area contributed by atoms with E-state index in [0.717, 1.165) is 6.21 Å². The average Bonchev–Trinajstić information content (AvgIpc) is 2.20. The lowest BCUT2D eigenvalue weighted by molar-refractivity contribution is 0.623. The Hall–Kier alpha value is -2.15. The first-order chi connectivity index (χ1) is 6.72. The van der Waals surface area contributed by atoms with Crippen LogP contribution in [0.5, 0.6) is 0 Å². The molecule has 1 aromatic rings. The first-order valence-corrected chi connectivity index (χ1v) is 3.85. The second-order valence-corrected chi connectivity index (χ2v) is 2.57. The zero-order valence-electron chi connectivity index (χ0n) is 7.29. The van der Waals surface area contributed by atoms with Gasteiger partial charge in [-0.2, -0.15) is 5.26 Å². The number of nitrogens with one attached hydrogen (secondary N) is 1. The monoisotopic (exact) mass is 189 g/mol. The Morgan fingerprint density at radius 2 is 2.29 bits per heavy atom. The molecular weight excluding hydrogens is 181 g/mol. The van der Waals surface area contributed by atoms with Crippen LogP contribution in [0, 0.1) is 22.6 Å². The van der Waals surface area contributed by atoms with Crippen LogP contribution in [0.4, 0.5) is 4.39 Å². The second-order valence-electron chi connectivity index (χ2n) is 2.57. The summed E-state index contributed by atoms with van der Waals surface area (Å²) in [5.41, 5.74) is 6.11. The fourth-order valence-corrected chi connectivity index (χ4v) is 1.01. The van der Waals surface area contributed by atoms with Crippen LogP contribution in [0.15, 0.2) is 24.4 Å². The molecule has 0 amide bonds. The van der Waals surface area contributed by atoms with Gasteiger partial charge in [-0.15, -0.1) is 0 Å². The largest absolute Gasteiger partial charge is 0.404 e. The van der Waals surface area contributed by atoms with Gasteiger partial charge in [0.15, 0.2) is 0 Å². The van der Waals surface area contributed by atoms with Gasteiger partial charge in [-0.25, -0.2) is 4.39 Å². The Morgan fingerprint density at radius 1 is 1.57 bits per heavy atom. The minimum absolute atomic E-state index is 0.0184. The van der Waals surface area contributed by atoms with E-state index in [0.29, 0.717) is 11.1 Å². The molecule has 14 heavy (non-hydrogen) atoms. The summed E-state index contributed by atoms with van der Waals surface area (Å²) in [6, 6.07) is 5.80. The predicted molar refractivity (Wildman–Crippen MR) is 52.1 cm³/mol. The summed E-state index contributed by atoms with van der Waals surface area (Å²) in [5.74, 6) is -0.605. The molecule has 0 fully saturated rings. The number of nitrogens with zero attached hydrogens (tertiary/aromatic N) is 1. The van der Waals surface area contributed by atoms with Crippen LogP contribution in [-0.2, 0) is 0 Å². The first-order valence-electron chi connectivity index (χ1n) is 3.85. The van der Waals surface area contributed by atoms with E-state index < -0.39 is 5.82 Å². The van der Waals surface area contributed by atoms with Crippen molar-refractivity contribution in [3.63, 3.8) is 0 Å². The molecule has 3 nitrogen and oxygen atoms in total. The third-order valence-corrected chi connectivity index (χ3v) is 1.76. The normalized spacial score (nSPS) is 10.7. The van der Waals surface area contributed by atoms with Gasteiger partial charge >= 0.3 is 0 Å². The van der Waals surface area contributed by atoms with Crippen molar-refractivity contribution < 1.29 is 4.39 Å². The van der Waals surface area contributed by atoms with Crippen LogP contribution >= 0.6 is 0 Å². The molecular formula is C10H8FN3. The Balaban J connectivity index is 3.22. The van der Waals surface area contributed by atoms with E-state index in [9.17, 15) is 4.39 Å². The van der Waals surface area contributed by atoms with Crippen LogP contribution in [0.25, 0.3) is 5.57 Å². The number of hydrogen-bond acceptors (Lipinski definition) is 3. The van der Waals surface area contributed by atoms with E-state index in [1.807, 2.05) is 0 Å². The number of rotatable bonds is 2. The van der Waals surface area contributed by atoms with Gasteiger partial charge in [0.2, 0.25) is 0 Å². The molecule has 0 aliphatic heterocycles. The molecule has 0 radical (unpaired) electrons. The van der Waals surface area contributed by atoms with Crippen LogP contribution in [0.1, 0.15) is 11.1 Å². The minimum Gasteiger partial charge on any atom is -0.404 e. The summed E-state index contributed by atoms with van der Waals surface area (Å²) >= 11 is 0. The summed E-state index contributed by atoms with van der Waals surface area (Å²) in [5, 5.41) is 15.5. The van der Waals surface area contributed by atoms with E-state index in [4.69, 9.17) is 16.4 Å². The molecule has 0 unspecified atom stereocenters. The van der Waals surface area contributed by atoms with Gasteiger partial charge in [0.05, 0.1) is 5.56 Å². The predicted octanol–water partition coefficient (Wildman–Crippen LogP) is 1.65. The number of hydrogen-bond donors (Lipinski definition) is 2. The third kappa shape index (κ3) is 1.77. The maximum Gasteiger partial charge on any atom is 0.141 e. The van der Waals surface area contributed by atoms with E-state index in [-0.39, 0.29) is 5.56 Å². The summed E-state index contributed by atoms with van der Waals surface area (Å²) in [6.45, 7) is 0. The second kappa shape index (κ2) is 4.19. The van der Waals surface area contributed by atoms with Crippen LogP contribution in [0.3, 0.4) is 0 Å². The minimum atomic E-state index is -0.605. The van der Waals surface area contributed by atoms with Gasteiger partial charge in [0, 0.05) is 18.0 Å². The number of allylic oxidation sites excluding steroid dienone is 1. The van der Waals surface area contributed by atoms with Crippen LogP contribution in [-0.4, -0.2) is 6.21 Å². The maximum atomic E-state index is 13.1. The number of nitriles is 1. The quantitative estimate of drug-likeness (QED) is 0.694. The van der Waals surface area contributed by atoms with Gasteiger partial charge in [0.1, 0.15) is 11.9 Å². The molecule has 0 heterocycles. The average molecular weight is 189 g/mol. The van der Waals surface area contributed by atoms with Gasteiger partial charge in [-0.1, -0.05) is 6.07 Å². The van der Waals surface area contributed by atoms with Crippen molar-refractivity contribution in [2.75, 3.05) is 0 Å². The highest BCUT2D eigenvalue weighted by molar-refractivity contribution is 6.08. The molecule has 0 bridgehead atoms. The maximum absolute atomic E-state index is 13.1. The zero-order valence-corrected chi connectivity index (χ0v) is 7.29. The standard InChI is InChI=1S/C10H8FN3/c11-10-3-7(9(5-13)6-14)1-2-8(10)4-12/h1-3,5-6,13H,14H2/b9-6+,13-5?. The van der Waals surface area contributed by atoms with Crippen molar-refractivity contribution in [3.8, 4) is 6.07 Å². The Bertz CT molecular complexity index is 429. The Kier molecular flexibility index (Phi) is 2.97. The topological polar surface area (TPSA) is 73.7 Å². The van der Waals surface area contributed by atoms with Crippen molar-refractivity contribution in [3.05, 3.63) is 41.3 Å². The van der Waals surface area contributed by atoms with Crippen molar-refractivity contribution in [1.29, 1.82) is 10.7 Å². The van der Waals surface area contributed by atoms with E-state index in [2.05, 4.69) is 0 Å². The SMILES string of the molecule is N#Cc1ccc(/C(C=N)=C/N)cc1F. The number of benzene rings is 1. The molecule has 3 N–H and O–H groups in total. The van der Waals surface area contributed by atoms with E-state index in [1.165, 1.54) is 18.3 Å². The molecule has 0 atom stereocenters. The summed E-state index contributed by atoms with van der Waals surface area (Å²) < 4.78 is 13.1. The highest BCUT2D eigenvalue weighted by Crippen LogP contribution is 2.15. The molecule has 0 aliphatic carbocycles. The third-order valence-electron chi connectivity index (χ3n) is 1.76. The fraction of sp³-hybridized carbons (Fsp3) is 0. The zero-order chi connectivity index (χ0) is 10.6. The smallest absolute Gasteiger partial charge is 0.141 e. The van der Waals surface area contributed by atoms with Gasteiger partial charge < -0.3 is 11.1 Å². The van der Waals surface area contributed by atoms with Crippen molar-refractivity contribution in [2.45, 2.75) is 0 Å². The Morgan fingerprint density at radius 3 is 2.71 bits per heavy atom. The Labute approximate surface area is 80.8 Å². The van der Waals surface area contributed by atoms with Crippen LogP contribution < -0.4 is 5.73 Å². The summed E-state index contributed by atoms with van der Waals surface area (Å²) in [4.78, 5) is 0. The van der Waals surface area contributed by atoms with E-state index in [1.54, 1.807) is 12.1 Å². The molecule has 0 saturated carbocycles. The molecule has 0 aliphatic rings. The van der Waals surface area contributed by atoms with Gasteiger partial charge in [0.25, 0.3) is 0 Å². The molecule has 0 spiro atoms. The van der Waals surface area contributed by atoms with Gasteiger partial charge in [-0.3, -0.25) is 0 Å². The lowest BCUT2D eigenvalue weighted by Gasteiger charge is -2.01. The molecule has 0 saturated heterocycles. The lowest BCUT2D eigenvalue weighted by Crippen LogP contribution is -1.93.